The van der Waals surface area contributed by atoms with Gasteiger partial charge in [0.05, 0.1) is 10.3 Å². The van der Waals surface area contributed by atoms with Crippen molar-refractivity contribution >= 4 is 22.7 Å². The van der Waals surface area contributed by atoms with Gasteiger partial charge in [-0.3, -0.25) is 4.79 Å². The molecule has 0 aliphatic heterocycles. The van der Waals surface area contributed by atoms with Crippen LogP contribution in [0.4, 0.5) is 0 Å². The molecule has 112 valence electrons. The minimum atomic E-state index is 0.0201. The molecule has 0 atom stereocenters. The van der Waals surface area contributed by atoms with Crippen LogP contribution in [0, 0.1) is 0 Å². The number of para-hydroxylation sites is 1. The Morgan fingerprint density at radius 3 is 2.32 bits per heavy atom. The molecule has 0 fully saturated rings. The number of rotatable bonds is 2. The van der Waals surface area contributed by atoms with Gasteiger partial charge in [-0.15, -0.1) is 0 Å². The minimum absolute atomic E-state index is 0.0201. The number of hydrogen-bond donors (Lipinski definition) is 0. The molecule has 0 N–H and O–H groups in total. The lowest BCUT2D eigenvalue weighted by atomic mass is 9.87. The van der Waals surface area contributed by atoms with Crippen molar-refractivity contribution in [2.75, 3.05) is 0 Å². The highest BCUT2D eigenvalue weighted by atomic mass is 32.2. The summed E-state index contributed by atoms with van der Waals surface area (Å²) in [5.41, 5.74) is 2.06. The van der Waals surface area contributed by atoms with Gasteiger partial charge in [-0.25, -0.2) is 0 Å². The van der Waals surface area contributed by atoms with Gasteiger partial charge in [0.25, 0.3) is 0 Å². The van der Waals surface area contributed by atoms with Gasteiger partial charge in [0.1, 0.15) is 11.8 Å². The van der Waals surface area contributed by atoms with Gasteiger partial charge >= 0.3 is 0 Å². The van der Waals surface area contributed by atoms with E-state index in [1.165, 1.54) is 17.3 Å². The van der Waals surface area contributed by atoms with E-state index in [-0.39, 0.29) is 10.8 Å². The van der Waals surface area contributed by atoms with E-state index in [9.17, 15) is 4.79 Å². The fourth-order valence-corrected chi connectivity index (χ4v) is 3.11. The average Bonchev–Trinajstić information content (AvgIpc) is 2.50. The van der Waals surface area contributed by atoms with Crippen LogP contribution in [-0.4, -0.2) is 0 Å². The van der Waals surface area contributed by atoms with Crippen LogP contribution in [-0.2, 0) is 5.41 Å². The van der Waals surface area contributed by atoms with Crippen molar-refractivity contribution < 1.29 is 4.42 Å². The second-order valence-corrected chi connectivity index (χ2v) is 7.42. The molecule has 0 aliphatic rings. The maximum absolute atomic E-state index is 12.5. The zero-order chi connectivity index (χ0) is 15.7. The molecule has 0 saturated heterocycles. The van der Waals surface area contributed by atoms with Crippen molar-refractivity contribution in [2.24, 2.45) is 0 Å². The largest absolute Gasteiger partial charge is 0.463 e. The molecular weight excluding hydrogens is 292 g/mol. The summed E-state index contributed by atoms with van der Waals surface area (Å²) in [6.07, 6.45) is 1.55. The quantitative estimate of drug-likeness (QED) is 0.648. The van der Waals surface area contributed by atoms with E-state index in [2.05, 4.69) is 45.0 Å². The van der Waals surface area contributed by atoms with Crippen molar-refractivity contribution in [1.29, 1.82) is 0 Å². The summed E-state index contributed by atoms with van der Waals surface area (Å²) in [6, 6.07) is 15.7. The van der Waals surface area contributed by atoms with E-state index in [4.69, 9.17) is 4.42 Å². The maximum Gasteiger partial charge on any atom is 0.206 e. The Balaban J connectivity index is 1.93. The summed E-state index contributed by atoms with van der Waals surface area (Å²) >= 11 is 1.44. The summed E-state index contributed by atoms with van der Waals surface area (Å²) in [5.74, 6) is 0. The van der Waals surface area contributed by atoms with Crippen LogP contribution >= 0.6 is 11.8 Å². The standard InChI is InChI=1S/C19H18O2S/c1-19(2,3)13-8-10-14(11-9-13)22-17-12-21-16-7-5-4-6-15(16)18(17)20/h4-12H,1-3H3. The van der Waals surface area contributed by atoms with Crippen LogP contribution in [0.15, 0.2) is 73.8 Å². The first-order valence-corrected chi connectivity index (χ1v) is 8.06. The third-order valence-electron chi connectivity index (χ3n) is 3.60. The summed E-state index contributed by atoms with van der Waals surface area (Å²) in [4.78, 5) is 14.1. The molecule has 2 nitrogen and oxygen atoms in total. The summed E-state index contributed by atoms with van der Waals surface area (Å²) in [6.45, 7) is 6.56. The SMILES string of the molecule is CC(C)(C)c1ccc(Sc2coc3ccccc3c2=O)cc1. The van der Waals surface area contributed by atoms with E-state index in [0.717, 1.165) is 4.90 Å². The molecule has 0 radical (unpaired) electrons. The Morgan fingerprint density at radius 2 is 1.64 bits per heavy atom. The molecule has 0 unspecified atom stereocenters. The average molecular weight is 310 g/mol. The van der Waals surface area contributed by atoms with Gasteiger partial charge in [0.2, 0.25) is 5.43 Å². The van der Waals surface area contributed by atoms with Crippen molar-refractivity contribution in [1.82, 2.24) is 0 Å². The Bertz CT molecular complexity index is 855. The Labute approximate surface area is 134 Å². The zero-order valence-corrected chi connectivity index (χ0v) is 13.7. The minimum Gasteiger partial charge on any atom is -0.463 e. The Hall–Kier alpha value is -2.00. The van der Waals surface area contributed by atoms with Crippen LogP contribution in [0.2, 0.25) is 0 Å². The van der Waals surface area contributed by atoms with Crippen LogP contribution in [0.1, 0.15) is 26.3 Å². The van der Waals surface area contributed by atoms with E-state index in [1.807, 2.05) is 18.2 Å². The second-order valence-electron chi connectivity index (χ2n) is 6.30. The van der Waals surface area contributed by atoms with Gasteiger partial charge in [0.15, 0.2) is 0 Å². The second kappa shape index (κ2) is 5.65. The Kier molecular flexibility index (Phi) is 3.83. The van der Waals surface area contributed by atoms with Gasteiger partial charge in [-0.05, 0) is 35.2 Å². The van der Waals surface area contributed by atoms with Crippen LogP contribution in [0.25, 0.3) is 11.0 Å². The van der Waals surface area contributed by atoms with Crippen LogP contribution in [0.3, 0.4) is 0 Å². The predicted molar refractivity (Wildman–Crippen MR) is 91.7 cm³/mol. The van der Waals surface area contributed by atoms with Crippen LogP contribution < -0.4 is 5.43 Å². The fraction of sp³-hybridized carbons (Fsp3) is 0.211. The van der Waals surface area contributed by atoms with Gasteiger partial charge in [0, 0.05) is 4.90 Å². The third-order valence-corrected chi connectivity index (χ3v) is 4.61. The van der Waals surface area contributed by atoms with E-state index >= 15 is 0 Å². The molecule has 2 aromatic carbocycles. The summed E-state index contributed by atoms with van der Waals surface area (Å²) < 4.78 is 5.55. The van der Waals surface area contributed by atoms with E-state index < -0.39 is 0 Å². The predicted octanol–water partition coefficient (Wildman–Crippen LogP) is 5.24. The highest BCUT2D eigenvalue weighted by molar-refractivity contribution is 7.99. The molecule has 0 spiro atoms. The summed E-state index contributed by atoms with van der Waals surface area (Å²) in [7, 11) is 0. The highest BCUT2D eigenvalue weighted by Gasteiger charge is 2.13. The van der Waals surface area contributed by atoms with Crippen molar-refractivity contribution in [3.05, 3.63) is 70.6 Å². The third kappa shape index (κ3) is 2.95. The molecule has 22 heavy (non-hydrogen) atoms. The zero-order valence-electron chi connectivity index (χ0n) is 12.9. The lowest BCUT2D eigenvalue weighted by molar-refractivity contribution is 0.587. The first-order chi connectivity index (χ1) is 10.4. The smallest absolute Gasteiger partial charge is 0.206 e. The topological polar surface area (TPSA) is 30.2 Å². The van der Waals surface area contributed by atoms with Crippen molar-refractivity contribution in [2.45, 2.75) is 36.0 Å². The normalized spacial score (nSPS) is 11.8. The monoisotopic (exact) mass is 310 g/mol. The first-order valence-electron chi connectivity index (χ1n) is 7.24. The molecular formula is C19H18O2S. The summed E-state index contributed by atoms with van der Waals surface area (Å²) in [5, 5.41) is 0.624. The molecule has 0 saturated carbocycles. The molecule has 3 heteroatoms. The van der Waals surface area contributed by atoms with E-state index in [1.54, 1.807) is 12.3 Å². The molecule has 3 rings (SSSR count). The lowest BCUT2D eigenvalue weighted by Crippen LogP contribution is -2.10. The molecule has 3 aromatic rings. The highest BCUT2D eigenvalue weighted by Crippen LogP contribution is 2.29. The maximum atomic E-state index is 12.5. The van der Waals surface area contributed by atoms with Crippen LogP contribution in [0.5, 0.6) is 0 Å². The molecule has 0 bridgehead atoms. The first kappa shape index (κ1) is 14.9. The molecule has 1 aromatic heterocycles. The van der Waals surface area contributed by atoms with Gasteiger partial charge in [-0.1, -0.05) is 56.8 Å². The Morgan fingerprint density at radius 1 is 0.955 bits per heavy atom. The fourth-order valence-electron chi connectivity index (χ4n) is 2.28. The molecule has 0 amide bonds. The lowest BCUT2D eigenvalue weighted by Gasteiger charge is -2.18. The van der Waals surface area contributed by atoms with Crippen molar-refractivity contribution in [3.8, 4) is 0 Å². The van der Waals surface area contributed by atoms with Crippen molar-refractivity contribution in [3.63, 3.8) is 0 Å². The molecule has 0 aliphatic carbocycles. The number of benzene rings is 2. The van der Waals surface area contributed by atoms with E-state index in [0.29, 0.717) is 15.9 Å². The van der Waals surface area contributed by atoms with Gasteiger partial charge < -0.3 is 4.42 Å². The number of hydrogen-bond acceptors (Lipinski definition) is 3. The van der Waals surface area contributed by atoms with Gasteiger partial charge in [-0.2, -0.15) is 0 Å². The number of fused-ring (bicyclic) bond motifs is 1. The molecule has 1 heterocycles.